The molecule has 1 aromatic rings. The minimum absolute atomic E-state index is 0.195. The van der Waals surface area contributed by atoms with Gasteiger partial charge in [-0.2, -0.15) is 0 Å². The van der Waals surface area contributed by atoms with E-state index in [1.54, 1.807) is 18.8 Å². The Balaban J connectivity index is 2.41. The second kappa shape index (κ2) is 4.19. The van der Waals surface area contributed by atoms with Crippen LogP contribution in [0, 0.1) is 5.82 Å². The quantitative estimate of drug-likeness (QED) is 0.745. The zero-order chi connectivity index (χ0) is 10.8. The Morgan fingerprint density at radius 2 is 1.93 bits per heavy atom. The molecule has 0 amide bonds. The fraction of sp³-hybridized carbons (Fsp3) is 0.250. The summed E-state index contributed by atoms with van der Waals surface area (Å²) >= 11 is 1.74. The highest BCUT2D eigenvalue weighted by Gasteiger charge is 2.24. The van der Waals surface area contributed by atoms with Crippen LogP contribution in [0.25, 0.3) is 5.57 Å². The van der Waals surface area contributed by atoms with E-state index in [4.69, 9.17) is 0 Å². The molecular formula is C12H12FNS. The van der Waals surface area contributed by atoms with E-state index in [0.717, 1.165) is 17.7 Å². The lowest BCUT2D eigenvalue weighted by molar-refractivity contribution is 0.627. The van der Waals surface area contributed by atoms with Gasteiger partial charge in [-0.25, -0.2) is 4.39 Å². The van der Waals surface area contributed by atoms with Gasteiger partial charge in [0.25, 0.3) is 0 Å². The first-order valence-electron chi connectivity index (χ1n) is 4.75. The Morgan fingerprint density at radius 3 is 2.47 bits per heavy atom. The highest BCUT2D eigenvalue weighted by Crippen LogP contribution is 2.39. The van der Waals surface area contributed by atoms with E-state index in [9.17, 15) is 4.39 Å². The van der Waals surface area contributed by atoms with E-state index in [1.165, 1.54) is 22.6 Å². The molecule has 1 aromatic carbocycles. The number of allylic oxidation sites excluding steroid dienone is 2. The van der Waals surface area contributed by atoms with Crippen molar-refractivity contribution in [1.82, 2.24) is 0 Å². The van der Waals surface area contributed by atoms with Gasteiger partial charge >= 0.3 is 0 Å². The van der Waals surface area contributed by atoms with Gasteiger partial charge in [-0.3, -0.25) is 4.99 Å². The molecule has 0 N–H and O–H groups in total. The molecule has 0 fully saturated rings. The maximum absolute atomic E-state index is 12.8. The number of halogens is 1. The van der Waals surface area contributed by atoms with Crippen molar-refractivity contribution in [2.75, 3.05) is 13.3 Å². The monoisotopic (exact) mass is 221 g/mol. The molecule has 0 atom stereocenters. The molecule has 0 unspecified atom stereocenters. The predicted molar refractivity (Wildman–Crippen MR) is 64.8 cm³/mol. The summed E-state index contributed by atoms with van der Waals surface area (Å²) in [6, 6.07) is 6.61. The van der Waals surface area contributed by atoms with Crippen LogP contribution in [0.3, 0.4) is 0 Å². The van der Waals surface area contributed by atoms with Crippen LogP contribution >= 0.6 is 11.8 Å². The van der Waals surface area contributed by atoms with E-state index in [-0.39, 0.29) is 5.82 Å². The molecular weight excluding hydrogens is 209 g/mol. The Labute approximate surface area is 93.1 Å². The van der Waals surface area contributed by atoms with Crippen molar-refractivity contribution in [3.63, 3.8) is 0 Å². The summed E-state index contributed by atoms with van der Waals surface area (Å²) in [5.74, 6) is -0.195. The van der Waals surface area contributed by atoms with E-state index in [1.807, 2.05) is 12.1 Å². The SMILES string of the molecule is CN=C1CC(SC)=C1c1ccc(F)cc1. The summed E-state index contributed by atoms with van der Waals surface area (Å²) in [6.45, 7) is 0. The second-order valence-electron chi connectivity index (χ2n) is 3.36. The fourth-order valence-electron chi connectivity index (χ4n) is 1.69. The van der Waals surface area contributed by atoms with Crippen molar-refractivity contribution < 1.29 is 4.39 Å². The van der Waals surface area contributed by atoms with Crippen LogP contribution in [0.15, 0.2) is 34.2 Å². The first kappa shape index (κ1) is 10.4. The molecule has 0 saturated heterocycles. The highest BCUT2D eigenvalue weighted by atomic mass is 32.2. The first-order chi connectivity index (χ1) is 7.26. The van der Waals surface area contributed by atoms with Gasteiger partial charge < -0.3 is 0 Å². The number of rotatable bonds is 2. The smallest absolute Gasteiger partial charge is 0.123 e. The molecule has 0 aromatic heterocycles. The Kier molecular flexibility index (Phi) is 2.91. The molecule has 0 saturated carbocycles. The maximum Gasteiger partial charge on any atom is 0.123 e. The van der Waals surface area contributed by atoms with Crippen molar-refractivity contribution in [3.05, 3.63) is 40.6 Å². The molecule has 1 nitrogen and oxygen atoms in total. The molecule has 15 heavy (non-hydrogen) atoms. The molecule has 0 heterocycles. The van der Waals surface area contributed by atoms with Crippen molar-refractivity contribution in [2.45, 2.75) is 6.42 Å². The molecule has 0 radical (unpaired) electrons. The molecule has 0 aliphatic heterocycles. The molecule has 0 bridgehead atoms. The minimum atomic E-state index is -0.195. The van der Waals surface area contributed by atoms with Gasteiger partial charge in [-0.15, -0.1) is 11.8 Å². The average Bonchev–Trinajstić information content (AvgIpc) is 2.21. The summed E-state index contributed by atoms with van der Waals surface area (Å²) in [6.07, 6.45) is 3.01. The summed E-state index contributed by atoms with van der Waals surface area (Å²) < 4.78 is 12.8. The average molecular weight is 221 g/mol. The van der Waals surface area contributed by atoms with Gasteiger partial charge in [0.2, 0.25) is 0 Å². The van der Waals surface area contributed by atoms with Crippen molar-refractivity contribution in [1.29, 1.82) is 0 Å². The van der Waals surface area contributed by atoms with E-state index in [2.05, 4.69) is 11.2 Å². The van der Waals surface area contributed by atoms with Crippen molar-refractivity contribution in [3.8, 4) is 0 Å². The van der Waals surface area contributed by atoms with Crippen LogP contribution in [-0.2, 0) is 0 Å². The molecule has 2 rings (SSSR count). The molecule has 0 spiro atoms. The molecule has 1 aliphatic rings. The summed E-state index contributed by atoms with van der Waals surface area (Å²) in [7, 11) is 1.80. The topological polar surface area (TPSA) is 12.4 Å². The normalized spacial score (nSPS) is 18.2. The lowest BCUT2D eigenvalue weighted by Gasteiger charge is -2.24. The van der Waals surface area contributed by atoms with Crippen molar-refractivity contribution >= 4 is 23.0 Å². The van der Waals surface area contributed by atoms with Crippen LogP contribution in [-0.4, -0.2) is 19.0 Å². The zero-order valence-corrected chi connectivity index (χ0v) is 9.57. The van der Waals surface area contributed by atoms with Gasteiger partial charge in [-0.05, 0) is 24.0 Å². The number of benzene rings is 1. The Morgan fingerprint density at radius 1 is 1.27 bits per heavy atom. The molecule has 3 heteroatoms. The third-order valence-electron chi connectivity index (χ3n) is 2.54. The lowest BCUT2D eigenvalue weighted by atomic mass is 9.89. The fourth-order valence-corrected chi connectivity index (χ4v) is 2.41. The summed E-state index contributed by atoms with van der Waals surface area (Å²) in [5.41, 5.74) is 3.36. The van der Waals surface area contributed by atoms with Crippen LogP contribution in [0.5, 0.6) is 0 Å². The van der Waals surface area contributed by atoms with Crippen LogP contribution in [0.4, 0.5) is 4.39 Å². The zero-order valence-electron chi connectivity index (χ0n) is 8.75. The number of hydrogen-bond donors (Lipinski definition) is 0. The van der Waals surface area contributed by atoms with E-state index in [0.29, 0.717) is 0 Å². The number of hydrogen-bond acceptors (Lipinski definition) is 2. The predicted octanol–water partition coefficient (Wildman–Crippen LogP) is 3.37. The number of thioether (sulfide) groups is 1. The first-order valence-corrected chi connectivity index (χ1v) is 5.98. The van der Waals surface area contributed by atoms with Gasteiger partial charge in [0.15, 0.2) is 0 Å². The van der Waals surface area contributed by atoms with Crippen LogP contribution in [0.1, 0.15) is 12.0 Å². The number of nitrogens with zero attached hydrogens (tertiary/aromatic N) is 1. The highest BCUT2D eigenvalue weighted by molar-refractivity contribution is 8.02. The molecule has 1 aliphatic carbocycles. The van der Waals surface area contributed by atoms with Crippen molar-refractivity contribution in [2.24, 2.45) is 4.99 Å². The third-order valence-corrected chi connectivity index (χ3v) is 3.39. The van der Waals surface area contributed by atoms with Crippen LogP contribution in [0.2, 0.25) is 0 Å². The number of aliphatic imine (C=N–C) groups is 1. The summed E-state index contributed by atoms with van der Waals surface area (Å²) in [5, 5.41) is 0. The van der Waals surface area contributed by atoms with Crippen LogP contribution < -0.4 is 0 Å². The third kappa shape index (κ3) is 1.84. The van der Waals surface area contributed by atoms with Gasteiger partial charge in [0.1, 0.15) is 5.82 Å². The minimum Gasteiger partial charge on any atom is -0.292 e. The van der Waals surface area contributed by atoms with E-state index >= 15 is 0 Å². The van der Waals surface area contributed by atoms with Gasteiger partial charge in [0, 0.05) is 29.7 Å². The van der Waals surface area contributed by atoms with Gasteiger partial charge in [0.05, 0.1) is 0 Å². The Hall–Kier alpha value is -1.09. The van der Waals surface area contributed by atoms with E-state index < -0.39 is 0 Å². The standard InChI is InChI=1S/C12H12FNS/c1-14-10-7-11(15-2)12(10)8-3-5-9(13)6-4-8/h3-6H,7H2,1-2H3. The second-order valence-corrected chi connectivity index (χ2v) is 4.26. The molecule has 78 valence electrons. The maximum atomic E-state index is 12.8. The lowest BCUT2D eigenvalue weighted by Crippen LogP contribution is -2.15. The largest absolute Gasteiger partial charge is 0.292 e. The Bertz CT molecular complexity index is 431. The van der Waals surface area contributed by atoms with Gasteiger partial charge in [-0.1, -0.05) is 12.1 Å². The summed E-state index contributed by atoms with van der Waals surface area (Å²) in [4.78, 5) is 5.56.